The van der Waals surface area contributed by atoms with Crippen LogP contribution < -0.4 is 0 Å². The van der Waals surface area contributed by atoms with Crippen molar-refractivity contribution < 1.29 is 19.4 Å². The van der Waals surface area contributed by atoms with E-state index in [0.717, 1.165) is 19.3 Å². The molecule has 2 aliphatic carbocycles. The molecule has 0 aromatic carbocycles. The number of rotatable bonds is 4. The number of hydrogen-bond acceptors (Lipinski definition) is 3. The van der Waals surface area contributed by atoms with Gasteiger partial charge in [-0.1, -0.05) is 19.9 Å². The van der Waals surface area contributed by atoms with Gasteiger partial charge in [-0.15, -0.1) is 0 Å². The number of carboxylic acids is 1. The van der Waals surface area contributed by atoms with Gasteiger partial charge in [-0.05, 0) is 30.6 Å². The zero-order valence-corrected chi connectivity index (χ0v) is 10.2. The highest BCUT2D eigenvalue weighted by molar-refractivity contribution is 5.83. The normalized spacial score (nSPS) is 30.9. The lowest BCUT2D eigenvalue weighted by molar-refractivity contribution is -0.146. The Morgan fingerprint density at radius 2 is 2.00 bits per heavy atom. The molecule has 0 aliphatic heterocycles. The SMILES string of the molecule is CC1(C)[C@H](C(=O)O)[C@@H]1C=CC(=O)OC1CCC1. The Kier molecular flexibility index (Phi) is 2.98. The van der Waals surface area contributed by atoms with Crippen molar-refractivity contribution in [2.24, 2.45) is 17.3 Å². The summed E-state index contributed by atoms with van der Waals surface area (Å²) in [6.45, 7) is 3.80. The summed E-state index contributed by atoms with van der Waals surface area (Å²) in [7, 11) is 0. The number of carbonyl (C=O) groups is 2. The first-order chi connectivity index (χ1) is 7.93. The molecule has 0 aromatic rings. The van der Waals surface area contributed by atoms with Crippen molar-refractivity contribution >= 4 is 11.9 Å². The van der Waals surface area contributed by atoms with Crippen LogP contribution in [0, 0.1) is 17.3 Å². The third-order valence-electron chi connectivity index (χ3n) is 3.95. The second kappa shape index (κ2) is 4.17. The van der Waals surface area contributed by atoms with Crippen molar-refractivity contribution in [2.75, 3.05) is 0 Å². The fraction of sp³-hybridized carbons (Fsp3) is 0.692. The van der Waals surface area contributed by atoms with E-state index in [2.05, 4.69) is 0 Å². The van der Waals surface area contributed by atoms with E-state index >= 15 is 0 Å². The third-order valence-corrected chi connectivity index (χ3v) is 3.95. The van der Waals surface area contributed by atoms with Crippen LogP contribution in [0.1, 0.15) is 33.1 Å². The first-order valence-corrected chi connectivity index (χ1v) is 6.04. The monoisotopic (exact) mass is 238 g/mol. The molecular formula is C13H18O4. The molecule has 1 N–H and O–H groups in total. The first-order valence-electron chi connectivity index (χ1n) is 6.04. The van der Waals surface area contributed by atoms with Gasteiger partial charge in [0.2, 0.25) is 0 Å². The van der Waals surface area contributed by atoms with Gasteiger partial charge in [-0.2, -0.15) is 0 Å². The molecule has 2 saturated carbocycles. The maximum atomic E-state index is 11.4. The Labute approximate surface area is 101 Å². The second-order valence-electron chi connectivity index (χ2n) is 5.51. The number of aliphatic carboxylic acids is 1. The van der Waals surface area contributed by atoms with E-state index < -0.39 is 5.97 Å². The van der Waals surface area contributed by atoms with E-state index in [1.165, 1.54) is 6.08 Å². The van der Waals surface area contributed by atoms with Crippen molar-refractivity contribution in [3.8, 4) is 0 Å². The molecule has 0 radical (unpaired) electrons. The quantitative estimate of drug-likeness (QED) is 0.601. The molecule has 0 aromatic heterocycles. The van der Waals surface area contributed by atoms with Crippen LogP contribution in [0.4, 0.5) is 0 Å². The number of esters is 1. The minimum atomic E-state index is -0.794. The molecule has 2 fully saturated rings. The lowest BCUT2D eigenvalue weighted by Gasteiger charge is -2.24. The summed E-state index contributed by atoms with van der Waals surface area (Å²) in [6.07, 6.45) is 6.17. The van der Waals surface area contributed by atoms with Gasteiger partial charge in [0, 0.05) is 6.08 Å². The number of allylic oxidation sites excluding steroid dienone is 1. The molecule has 4 nitrogen and oxygen atoms in total. The van der Waals surface area contributed by atoms with Crippen molar-refractivity contribution in [3.05, 3.63) is 12.2 Å². The Morgan fingerprint density at radius 3 is 2.41 bits per heavy atom. The van der Waals surface area contributed by atoms with Crippen LogP contribution in [0.25, 0.3) is 0 Å². The molecule has 0 bridgehead atoms. The van der Waals surface area contributed by atoms with Crippen molar-refractivity contribution in [3.63, 3.8) is 0 Å². The van der Waals surface area contributed by atoms with Gasteiger partial charge < -0.3 is 9.84 Å². The van der Waals surface area contributed by atoms with E-state index in [-0.39, 0.29) is 29.3 Å². The van der Waals surface area contributed by atoms with Crippen LogP contribution in [-0.2, 0) is 14.3 Å². The van der Waals surface area contributed by atoms with Crippen LogP contribution in [0.2, 0.25) is 0 Å². The number of carbonyl (C=O) groups excluding carboxylic acids is 1. The van der Waals surface area contributed by atoms with E-state index in [4.69, 9.17) is 9.84 Å². The van der Waals surface area contributed by atoms with E-state index in [9.17, 15) is 9.59 Å². The minimum Gasteiger partial charge on any atom is -0.481 e. The number of ether oxygens (including phenoxy) is 1. The van der Waals surface area contributed by atoms with Gasteiger partial charge in [0.05, 0.1) is 5.92 Å². The predicted octanol–water partition coefficient (Wildman–Crippen LogP) is 2.00. The molecule has 2 rings (SSSR count). The van der Waals surface area contributed by atoms with Crippen molar-refractivity contribution in [1.82, 2.24) is 0 Å². The van der Waals surface area contributed by atoms with E-state index in [1.54, 1.807) is 6.08 Å². The highest BCUT2D eigenvalue weighted by atomic mass is 16.5. The van der Waals surface area contributed by atoms with E-state index in [1.807, 2.05) is 13.8 Å². The molecule has 0 unspecified atom stereocenters. The van der Waals surface area contributed by atoms with Crippen LogP contribution in [-0.4, -0.2) is 23.1 Å². The summed E-state index contributed by atoms with van der Waals surface area (Å²) in [6, 6.07) is 0. The van der Waals surface area contributed by atoms with Gasteiger partial charge >= 0.3 is 11.9 Å². The van der Waals surface area contributed by atoms with E-state index in [0.29, 0.717) is 0 Å². The predicted molar refractivity (Wildman–Crippen MR) is 61.3 cm³/mol. The molecule has 17 heavy (non-hydrogen) atoms. The molecule has 0 heterocycles. The smallest absolute Gasteiger partial charge is 0.330 e. The lowest BCUT2D eigenvalue weighted by atomic mass is 9.96. The average molecular weight is 238 g/mol. The second-order valence-corrected chi connectivity index (χ2v) is 5.51. The first kappa shape index (κ1) is 12.1. The van der Waals surface area contributed by atoms with Gasteiger partial charge in [0.15, 0.2) is 0 Å². The zero-order valence-electron chi connectivity index (χ0n) is 10.2. The van der Waals surface area contributed by atoms with Crippen LogP contribution >= 0.6 is 0 Å². The van der Waals surface area contributed by atoms with Crippen molar-refractivity contribution in [1.29, 1.82) is 0 Å². The van der Waals surface area contributed by atoms with Crippen LogP contribution in [0.15, 0.2) is 12.2 Å². The number of carboxylic acid groups (broad SMARTS) is 1. The molecule has 2 atom stereocenters. The highest BCUT2D eigenvalue weighted by Gasteiger charge is 2.60. The van der Waals surface area contributed by atoms with Crippen molar-refractivity contribution in [2.45, 2.75) is 39.2 Å². The van der Waals surface area contributed by atoms with Gasteiger partial charge in [0.25, 0.3) is 0 Å². The fourth-order valence-corrected chi connectivity index (χ4v) is 2.38. The van der Waals surface area contributed by atoms with Crippen LogP contribution in [0.3, 0.4) is 0 Å². The van der Waals surface area contributed by atoms with Gasteiger partial charge in [0.1, 0.15) is 6.10 Å². The summed E-state index contributed by atoms with van der Waals surface area (Å²) in [5.74, 6) is -1.58. The summed E-state index contributed by atoms with van der Waals surface area (Å²) in [4.78, 5) is 22.3. The zero-order chi connectivity index (χ0) is 12.6. The Morgan fingerprint density at radius 1 is 1.35 bits per heavy atom. The summed E-state index contributed by atoms with van der Waals surface area (Å²) >= 11 is 0. The Balaban J connectivity index is 1.84. The third kappa shape index (κ3) is 2.35. The van der Waals surface area contributed by atoms with Gasteiger partial charge in [-0.25, -0.2) is 4.79 Å². The maximum absolute atomic E-state index is 11.4. The molecule has 94 valence electrons. The standard InChI is InChI=1S/C13H18O4/c1-13(2)9(11(13)12(15)16)6-7-10(14)17-8-4-3-5-8/h6-9,11H,3-5H2,1-2H3,(H,15,16)/t9-,11-/m0/s1. The summed E-state index contributed by atoms with van der Waals surface area (Å²) in [5, 5.41) is 8.97. The molecule has 0 saturated heterocycles. The molecule has 0 amide bonds. The Bertz CT molecular complexity index is 366. The lowest BCUT2D eigenvalue weighted by Crippen LogP contribution is -2.24. The van der Waals surface area contributed by atoms with Gasteiger partial charge in [-0.3, -0.25) is 4.79 Å². The Hall–Kier alpha value is -1.32. The fourth-order valence-electron chi connectivity index (χ4n) is 2.38. The summed E-state index contributed by atoms with van der Waals surface area (Å²) < 4.78 is 5.16. The molecule has 4 heteroatoms. The molecule has 2 aliphatic rings. The molecular weight excluding hydrogens is 220 g/mol. The maximum Gasteiger partial charge on any atom is 0.330 e. The molecule has 0 spiro atoms. The topological polar surface area (TPSA) is 63.6 Å². The highest BCUT2D eigenvalue weighted by Crippen LogP contribution is 2.59. The number of hydrogen-bond donors (Lipinski definition) is 1. The average Bonchev–Trinajstić information content (AvgIpc) is 2.71. The largest absolute Gasteiger partial charge is 0.481 e. The van der Waals surface area contributed by atoms with Crippen LogP contribution in [0.5, 0.6) is 0 Å². The minimum absolute atomic E-state index is 0.0612. The summed E-state index contributed by atoms with van der Waals surface area (Å²) in [5.41, 5.74) is -0.251.